The molecule has 68 valence electrons. The fourth-order valence-electron chi connectivity index (χ4n) is 1.58. The van der Waals surface area contributed by atoms with E-state index in [-0.39, 0.29) is 6.04 Å². The summed E-state index contributed by atoms with van der Waals surface area (Å²) >= 11 is 0. The summed E-state index contributed by atoms with van der Waals surface area (Å²) in [5.41, 5.74) is 5.94. The summed E-state index contributed by atoms with van der Waals surface area (Å²) in [5.74, 6) is 0.303. The molecule has 0 atom stereocenters. The van der Waals surface area contributed by atoms with Crippen LogP contribution in [0.1, 0.15) is 26.2 Å². The number of nitrogens with zero attached hydrogens (tertiary/aromatic N) is 1. The second-order valence-electron chi connectivity index (χ2n) is 4.55. The second kappa shape index (κ2) is 2.46. The van der Waals surface area contributed by atoms with Gasteiger partial charge < -0.3 is 10.6 Å². The van der Waals surface area contributed by atoms with E-state index in [0.717, 1.165) is 19.5 Å². The fraction of sp³-hybridized carbons (Fsp3) is 0.889. The van der Waals surface area contributed by atoms with Crippen molar-refractivity contribution < 1.29 is 4.79 Å². The molecule has 3 heteroatoms. The van der Waals surface area contributed by atoms with Gasteiger partial charge in [0.25, 0.3) is 0 Å². The molecule has 1 aliphatic heterocycles. The van der Waals surface area contributed by atoms with Gasteiger partial charge in [-0.15, -0.1) is 0 Å². The average molecular weight is 168 g/mol. The third-order valence-electron chi connectivity index (χ3n) is 2.94. The van der Waals surface area contributed by atoms with E-state index in [2.05, 4.69) is 6.92 Å². The molecule has 0 spiro atoms. The number of hydrogen-bond donors (Lipinski definition) is 1. The van der Waals surface area contributed by atoms with Gasteiger partial charge in [0.05, 0.1) is 0 Å². The number of amides is 1. The van der Waals surface area contributed by atoms with Gasteiger partial charge in [-0.25, -0.2) is 0 Å². The lowest BCUT2D eigenvalue weighted by Crippen LogP contribution is -2.58. The maximum atomic E-state index is 11.5. The molecule has 2 N–H and O–H groups in total. The largest absolute Gasteiger partial charge is 0.339 e. The van der Waals surface area contributed by atoms with Gasteiger partial charge in [0.2, 0.25) is 5.91 Å². The van der Waals surface area contributed by atoms with Crippen LogP contribution in [0.15, 0.2) is 0 Å². The average Bonchev–Trinajstić information content (AvgIpc) is 2.61. The summed E-state index contributed by atoms with van der Waals surface area (Å²) in [6, 6.07) is 0.237. The summed E-state index contributed by atoms with van der Waals surface area (Å²) < 4.78 is 0. The van der Waals surface area contributed by atoms with Gasteiger partial charge in [-0.1, -0.05) is 6.92 Å². The molecule has 1 amide bonds. The molecule has 2 rings (SSSR count). The Balaban J connectivity index is 1.78. The van der Waals surface area contributed by atoms with Crippen molar-refractivity contribution in [3.05, 3.63) is 0 Å². The molecular weight excluding hydrogens is 152 g/mol. The molecule has 0 radical (unpaired) electrons. The highest BCUT2D eigenvalue weighted by atomic mass is 16.2. The summed E-state index contributed by atoms with van der Waals surface area (Å²) in [4.78, 5) is 13.4. The number of hydrogen-bond acceptors (Lipinski definition) is 2. The molecule has 1 aliphatic carbocycles. The van der Waals surface area contributed by atoms with Crippen LogP contribution in [0.2, 0.25) is 0 Å². The van der Waals surface area contributed by atoms with E-state index in [1.165, 1.54) is 12.8 Å². The van der Waals surface area contributed by atoms with Crippen molar-refractivity contribution in [1.29, 1.82) is 0 Å². The topological polar surface area (TPSA) is 46.3 Å². The van der Waals surface area contributed by atoms with Crippen LogP contribution in [0.3, 0.4) is 0 Å². The first-order chi connectivity index (χ1) is 5.59. The summed E-state index contributed by atoms with van der Waals surface area (Å²) in [5, 5.41) is 0. The minimum atomic E-state index is 0.237. The highest BCUT2D eigenvalue weighted by Gasteiger charge is 2.41. The first-order valence-corrected chi connectivity index (χ1v) is 4.62. The minimum absolute atomic E-state index is 0.237. The summed E-state index contributed by atoms with van der Waals surface area (Å²) in [6.45, 7) is 3.73. The lowest BCUT2D eigenvalue weighted by atomic mass is 10.0. The predicted octanol–water partition coefficient (Wildman–Crippen LogP) is 0.346. The molecule has 1 saturated carbocycles. The van der Waals surface area contributed by atoms with Crippen molar-refractivity contribution in [1.82, 2.24) is 4.90 Å². The quantitative estimate of drug-likeness (QED) is 0.646. The fourth-order valence-corrected chi connectivity index (χ4v) is 1.58. The van der Waals surface area contributed by atoms with Crippen LogP contribution in [0, 0.1) is 5.41 Å². The number of carbonyl (C=O) groups excluding carboxylic acids is 1. The molecule has 1 heterocycles. The molecule has 0 aromatic heterocycles. The van der Waals surface area contributed by atoms with Crippen LogP contribution in [0.5, 0.6) is 0 Å². The zero-order valence-corrected chi connectivity index (χ0v) is 7.55. The lowest BCUT2D eigenvalue weighted by Gasteiger charge is -2.37. The van der Waals surface area contributed by atoms with E-state index in [0.29, 0.717) is 11.3 Å². The van der Waals surface area contributed by atoms with Crippen LogP contribution >= 0.6 is 0 Å². The van der Waals surface area contributed by atoms with Gasteiger partial charge in [0.15, 0.2) is 0 Å². The standard InChI is InChI=1S/C9H16N2O/c1-9(2-3-9)4-8(12)11-5-7(10)6-11/h7H,2-6,10H2,1H3. The predicted molar refractivity (Wildman–Crippen MR) is 46.5 cm³/mol. The Morgan fingerprint density at radius 2 is 2.17 bits per heavy atom. The van der Waals surface area contributed by atoms with E-state index in [1.54, 1.807) is 0 Å². The highest BCUT2D eigenvalue weighted by Crippen LogP contribution is 2.48. The van der Waals surface area contributed by atoms with Gasteiger partial charge in [-0.2, -0.15) is 0 Å². The summed E-state index contributed by atoms with van der Waals surface area (Å²) in [6.07, 6.45) is 3.18. The molecule has 0 aromatic carbocycles. The Morgan fingerprint density at radius 1 is 1.58 bits per heavy atom. The monoisotopic (exact) mass is 168 g/mol. The molecule has 2 aliphatic rings. The summed E-state index contributed by atoms with van der Waals surface area (Å²) in [7, 11) is 0. The first kappa shape index (κ1) is 8.05. The van der Waals surface area contributed by atoms with Gasteiger partial charge in [0.1, 0.15) is 0 Å². The zero-order valence-electron chi connectivity index (χ0n) is 7.55. The number of rotatable bonds is 2. The minimum Gasteiger partial charge on any atom is -0.339 e. The molecule has 3 nitrogen and oxygen atoms in total. The van der Waals surface area contributed by atoms with E-state index < -0.39 is 0 Å². The second-order valence-corrected chi connectivity index (χ2v) is 4.55. The Labute approximate surface area is 72.9 Å². The molecule has 2 fully saturated rings. The van der Waals surface area contributed by atoms with Crippen LogP contribution in [0.4, 0.5) is 0 Å². The van der Waals surface area contributed by atoms with Crippen molar-refractivity contribution >= 4 is 5.91 Å². The van der Waals surface area contributed by atoms with E-state index in [1.807, 2.05) is 4.90 Å². The Morgan fingerprint density at radius 3 is 2.58 bits per heavy atom. The van der Waals surface area contributed by atoms with Gasteiger partial charge in [-0.3, -0.25) is 4.79 Å². The van der Waals surface area contributed by atoms with Crippen molar-refractivity contribution in [2.24, 2.45) is 11.1 Å². The number of nitrogens with two attached hydrogens (primary N) is 1. The van der Waals surface area contributed by atoms with Gasteiger partial charge >= 0.3 is 0 Å². The number of carbonyl (C=O) groups is 1. The number of likely N-dealkylation sites (tertiary alicyclic amines) is 1. The molecule has 1 saturated heterocycles. The first-order valence-electron chi connectivity index (χ1n) is 4.62. The molecule has 0 bridgehead atoms. The Hall–Kier alpha value is -0.570. The van der Waals surface area contributed by atoms with Gasteiger partial charge in [-0.05, 0) is 18.3 Å². The lowest BCUT2D eigenvalue weighted by molar-refractivity contribution is -0.136. The molecule has 12 heavy (non-hydrogen) atoms. The third kappa shape index (κ3) is 1.46. The van der Waals surface area contributed by atoms with Crippen LogP contribution in [-0.2, 0) is 4.79 Å². The van der Waals surface area contributed by atoms with Crippen molar-refractivity contribution in [2.45, 2.75) is 32.2 Å². The molecule has 0 unspecified atom stereocenters. The van der Waals surface area contributed by atoms with Crippen molar-refractivity contribution in [3.8, 4) is 0 Å². The van der Waals surface area contributed by atoms with Crippen molar-refractivity contribution in [2.75, 3.05) is 13.1 Å². The highest BCUT2D eigenvalue weighted by molar-refractivity contribution is 5.78. The Kier molecular flexibility index (Phi) is 1.65. The SMILES string of the molecule is CC1(CC(=O)N2CC(N)C2)CC1. The smallest absolute Gasteiger partial charge is 0.223 e. The maximum absolute atomic E-state index is 11.5. The normalized spacial score (nSPS) is 26.7. The molecule has 0 aromatic rings. The maximum Gasteiger partial charge on any atom is 0.223 e. The third-order valence-corrected chi connectivity index (χ3v) is 2.94. The van der Waals surface area contributed by atoms with Crippen LogP contribution in [0.25, 0.3) is 0 Å². The van der Waals surface area contributed by atoms with E-state index in [4.69, 9.17) is 5.73 Å². The van der Waals surface area contributed by atoms with E-state index >= 15 is 0 Å². The molecular formula is C9H16N2O. The van der Waals surface area contributed by atoms with Gasteiger partial charge in [0, 0.05) is 25.6 Å². The van der Waals surface area contributed by atoms with Crippen LogP contribution < -0.4 is 5.73 Å². The van der Waals surface area contributed by atoms with Crippen LogP contribution in [-0.4, -0.2) is 29.9 Å². The van der Waals surface area contributed by atoms with Crippen molar-refractivity contribution in [3.63, 3.8) is 0 Å². The Bertz CT molecular complexity index is 205. The zero-order chi connectivity index (χ0) is 8.77. The van der Waals surface area contributed by atoms with E-state index in [9.17, 15) is 4.79 Å².